The Morgan fingerprint density at radius 2 is 1.64 bits per heavy atom. The third kappa shape index (κ3) is 5.97. The van der Waals surface area contributed by atoms with Gasteiger partial charge in [-0.1, -0.05) is 54.1 Å². The van der Waals surface area contributed by atoms with E-state index in [1.807, 2.05) is 0 Å². The average molecular weight is 486 g/mol. The summed E-state index contributed by atoms with van der Waals surface area (Å²) >= 11 is 6.23. The van der Waals surface area contributed by atoms with Crippen LogP contribution in [0.1, 0.15) is 15.9 Å². The van der Waals surface area contributed by atoms with Crippen LogP contribution in [0.4, 0.5) is 5.69 Å². The highest BCUT2D eigenvalue weighted by molar-refractivity contribution is 7.92. The van der Waals surface area contributed by atoms with Crippen molar-refractivity contribution in [2.45, 2.75) is 4.90 Å². The smallest absolute Gasteiger partial charge is 0.337 e. The molecule has 3 aromatic rings. The van der Waals surface area contributed by atoms with Crippen molar-refractivity contribution in [3.05, 3.63) is 95.0 Å². The molecule has 3 rings (SSSR count). The van der Waals surface area contributed by atoms with E-state index in [4.69, 9.17) is 11.6 Å². The predicted octanol–water partition coefficient (Wildman–Crippen LogP) is 3.47. The van der Waals surface area contributed by atoms with Crippen LogP contribution < -0.4 is 9.73 Å². The molecule has 0 bridgehead atoms. The number of hydrogen-bond donors (Lipinski definition) is 1. The zero-order valence-electron chi connectivity index (χ0n) is 17.5. The molecule has 0 aliphatic rings. The number of ether oxygens (including phenoxy) is 1. The van der Waals surface area contributed by atoms with Crippen LogP contribution in [0.3, 0.4) is 0 Å². The molecule has 8 nitrogen and oxygen atoms in total. The van der Waals surface area contributed by atoms with Crippen molar-refractivity contribution in [3.8, 4) is 0 Å². The first-order chi connectivity index (χ1) is 15.8. The minimum atomic E-state index is -4.07. The number of sulfonamides is 1. The maximum absolute atomic E-state index is 13.2. The quantitative estimate of drug-likeness (QED) is 0.299. The van der Waals surface area contributed by atoms with Gasteiger partial charge in [-0.3, -0.25) is 9.10 Å². The third-order valence-electron chi connectivity index (χ3n) is 4.47. The van der Waals surface area contributed by atoms with Gasteiger partial charge in [-0.15, -0.1) is 0 Å². The Hall–Kier alpha value is -3.69. The molecule has 0 saturated heterocycles. The Morgan fingerprint density at radius 3 is 2.27 bits per heavy atom. The molecule has 10 heteroatoms. The lowest BCUT2D eigenvalue weighted by Crippen LogP contribution is -2.39. The minimum Gasteiger partial charge on any atom is -0.465 e. The van der Waals surface area contributed by atoms with Crippen molar-refractivity contribution in [2.24, 2.45) is 5.10 Å². The maximum atomic E-state index is 13.2. The van der Waals surface area contributed by atoms with Crippen molar-refractivity contribution < 1.29 is 22.7 Å². The van der Waals surface area contributed by atoms with E-state index in [0.717, 1.165) is 4.31 Å². The van der Waals surface area contributed by atoms with Crippen molar-refractivity contribution in [1.29, 1.82) is 0 Å². The summed E-state index contributed by atoms with van der Waals surface area (Å²) in [6, 6.07) is 20.5. The summed E-state index contributed by atoms with van der Waals surface area (Å²) in [5.74, 6) is -1.14. The molecule has 0 spiro atoms. The number of hydrazone groups is 1. The number of nitrogens with one attached hydrogen (secondary N) is 1. The first-order valence-corrected chi connectivity index (χ1v) is 11.5. The second kappa shape index (κ2) is 10.8. The molecule has 33 heavy (non-hydrogen) atoms. The molecule has 0 aliphatic carbocycles. The largest absolute Gasteiger partial charge is 0.465 e. The zero-order valence-corrected chi connectivity index (χ0v) is 19.1. The van der Waals surface area contributed by atoms with Gasteiger partial charge in [0.2, 0.25) is 0 Å². The van der Waals surface area contributed by atoms with Gasteiger partial charge in [-0.2, -0.15) is 5.10 Å². The van der Waals surface area contributed by atoms with Crippen molar-refractivity contribution in [1.82, 2.24) is 5.43 Å². The van der Waals surface area contributed by atoms with Crippen LogP contribution >= 0.6 is 11.6 Å². The van der Waals surface area contributed by atoms with Crippen molar-refractivity contribution >= 4 is 45.4 Å². The molecule has 1 amide bonds. The number of hydrogen-bond acceptors (Lipinski definition) is 6. The van der Waals surface area contributed by atoms with Gasteiger partial charge in [0, 0.05) is 0 Å². The van der Waals surface area contributed by atoms with E-state index in [1.165, 1.54) is 31.5 Å². The summed E-state index contributed by atoms with van der Waals surface area (Å²) in [7, 11) is -2.78. The molecule has 170 valence electrons. The van der Waals surface area contributed by atoms with E-state index in [-0.39, 0.29) is 15.6 Å². The van der Waals surface area contributed by atoms with Gasteiger partial charge in [0.15, 0.2) is 0 Å². The fourth-order valence-corrected chi connectivity index (χ4v) is 4.59. The summed E-state index contributed by atoms with van der Waals surface area (Å²) in [4.78, 5) is 24.1. The number of anilines is 1. The van der Waals surface area contributed by atoms with E-state index < -0.39 is 28.4 Å². The van der Waals surface area contributed by atoms with Crippen LogP contribution in [0.5, 0.6) is 0 Å². The van der Waals surface area contributed by atoms with Crippen LogP contribution in [0, 0.1) is 0 Å². The molecule has 0 heterocycles. The van der Waals surface area contributed by atoms with Gasteiger partial charge in [-0.05, 0) is 42.0 Å². The second-order valence-electron chi connectivity index (χ2n) is 6.68. The molecule has 0 atom stereocenters. The summed E-state index contributed by atoms with van der Waals surface area (Å²) in [5, 5.41) is 4.04. The Bertz CT molecular complexity index is 1260. The van der Waals surface area contributed by atoms with Gasteiger partial charge in [-0.25, -0.2) is 18.6 Å². The average Bonchev–Trinajstić information content (AvgIpc) is 2.83. The lowest BCUT2D eigenvalue weighted by molar-refractivity contribution is -0.119. The molecule has 1 N–H and O–H groups in total. The molecular formula is C23H20ClN3O5S. The topological polar surface area (TPSA) is 105 Å². The van der Waals surface area contributed by atoms with Crippen LogP contribution in [-0.4, -0.2) is 40.2 Å². The first kappa shape index (κ1) is 24.0. The standard InChI is InChI=1S/C23H20ClN3O5S/c1-32-23(29)18-13-11-17(12-14-18)15-25-26-22(28)16-27(21-10-6-5-9-20(21)24)33(30,31)19-7-3-2-4-8-19/h2-15H,16H2,1H3,(H,26,28)/b25-15-. The highest BCUT2D eigenvalue weighted by Crippen LogP contribution is 2.30. The van der Waals surface area contributed by atoms with Gasteiger partial charge in [0.1, 0.15) is 6.54 Å². The monoisotopic (exact) mass is 485 g/mol. The number of benzene rings is 3. The SMILES string of the molecule is COC(=O)c1ccc(/C=N\NC(=O)CN(c2ccccc2Cl)S(=O)(=O)c2ccccc2)cc1. The highest BCUT2D eigenvalue weighted by atomic mass is 35.5. The van der Waals surface area contributed by atoms with Gasteiger partial charge in [0.05, 0.1) is 34.5 Å². The number of carbonyl (C=O) groups is 2. The zero-order chi connectivity index (χ0) is 23.8. The Balaban J connectivity index is 1.78. The van der Waals surface area contributed by atoms with Crippen molar-refractivity contribution in [2.75, 3.05) is 18.0 Å². The lowest BCUT2D eigenvalue weighted by atomic mass is 10.1. The number of amides is 1. The number of methoxy groups -OCH3 is 1. The second-order valence-corrected chi connectivity index (χ2v) is 8.95. The maximum Gasteiger partial charge on any atom is 0.337 e. The molecule has 0 radical (unpaired) electrons. The fraction of sp³-hybridized carbons (Fsp3) is 0.0870. The number of para-hydroxylation sites is 1. The van der Waals surface area contributed by atoms with E-state index in [2.05, 4.69) is 15.3 Å². The molecule has 0 fully saturated rings. The molecule has 0 saturated carbocycles. The molecular weight excluding hydrogens is 466 g/mol. The number of carbonyl (C=O) groups excluding carboxylic acids is 2. The van der Waals surface area contributed by atoms with Crippen molar-refractivity contribution in [3.63, 3.8) is 0 Å². The van der Waals surface area contributed by atoms with Gasteiger partial charge >= 0.3 is 5.97 Å². The number of esters is 1. The van der Waals surface area contributed by atoms with Crippen LogP contribution in [0.15, 0.2) is 88.9 Å². The molecule has 3 aromatic carbocycles. The van der Waals surface area contributed by atoms with E-state index in [0.29, 0.717) is 11.1 Å². The number of halogens is 1. The lowest BCUT2D eigenvalue weighted by Gasteiger charge is -2.24. The first-order valence-electron chi connectivity index (χ1n) is 9.65. The third-order valence-corrected chi connectivity index (χ3v) is 6.57. The van der Waals surface area contributed by atoms with Gasteiger partial charge in [0.25, 0.3) is 15.9 Å². The van der Waals surface area contributed by atoms with E-state index in [9.17, 15) is 18.0 Å². The summed E-state index contributed by atoms with van der Waals surface area (Å²) in [6.07, 6.45) is 1.37. The Kier molecular flexibility index (Phi) is 7.81. The van der Waals surface area contributed by atoms with Crippen LogP contribution in [0.25, 0.3) is 0 Å². The number of rotatable bonds is 8. The molecule has 0 aliphatic heterocycles. The normalized spacial score (nSPS) is 11.2. The van der Waals surface area contributed by atoms with E-state index in [1.54, 1.807) is 60.7 Å². The summed E-state index contributed by atoms with van der Waals surface area (Å²) in [5.41, 5.74) is 3.47. The van der Waals surface area contributed by atoms with Crippen LogP contribution in [0.2, 0.25) is 5.02 Å². The molecule has 0 unspecified atom stereocenters. The van der Waals surface area contributed by atoms with E-state index >= 15 is 0 Å². The number of nitrogens with zero attached hydrogens (tertiary/aromatic N) is 2. The summed E-state index contributed by atoms with van der Waals surface area (Å²) < 4.78 is 32.0. The fourth-order valence-electron chi connectivity index (χ4n) is 2.84. The summed E-state index contributed by atoms with van der Waals surface area (Å²) in [6.45, 7) is -0.542. The van der Waals surface area contributed by atoms with Crippen LogP contribution in [-0.2, 0) is 19.6 Å². The molecule has 0 aromatic heterocycles. The van der Waals surface area contributed by atoms with Gasteiger partial charge < -0.3 is 4.74 Å². The Morgan fingerprint density at radius 1 is 1.00 bits per heavy atom. The minimum absolute atomic E-state index is 0.0203. The highest BCUT2D eigenvalue weighted by Gasteiger charge is 2.28. The Labute approximate surface area is 196 Å². The predicted molar refractivity (Wildman–Crippen MR) is 126 cm³/mol.